The van der Waals surface area contributed by atoms with E-state index in [1.807, 2.05) is 30.3 Å². The number of anilines is 1. The summed E-state index contributed by atoms with van der Waals surface area (Å²) in [6.45, 7) is 0.287. The van der Waals surface area contributed by atoms with Crippen LogP contribution in [0.25, 0.3) is 6.08 Å². The van der Waals surface area contributed by atoms with Crippen molar-refractivity contribution in [3.63, 3.8) is 0 Å². The normalized spacial score (nSPS) is 14.4. The van der Waals surface area contributed by atoms with Crippen LogP contribution in [-0.2, 0) is 11.4 Å². The Balaban J connectivity index is 1.58. The van der Waals surface area contributed by atoms with Gasteiger partial charge in [-0.3, -0.25) is 4.79 Å². The summed E-state index contributed by atoms with van der Waals surface area (Å²) in [5.74, 6) is 1.67. The molecule has 0 unspecified atom stereocenters. The summed E-state index contributed by atoms with van der Waals surface area (Å²) < 4.78 is 16.7. The summed E-state index contributed by atoms with van der Waals surface area (Å²) in [7, 11) is 3.16. The molecule has 1 aliphatic heterocycles. The number of rotatable bonds is 7. The molecule has 3 aromatic rings. The Hall–Kier alpha value is -3.55. The molecule has 0 radical (unpaired) electrons. The van der Waals surface area contributed by atoms with Gasteiger partial charge >= 0.3 is 0 Å². The number of benzene rings is 3. The lowest BCUT2D eigenvalue weighted by atomic mass is 10.1. The van der Waals surface area contributed by atoms with Crippen LogP contribution in [0, 0.1) is 0 Å². The SMILES string of the molecule is COc1ccc(/C=C2/NC(=S)N(c3ccccc3OC)C2=O)cc1COc1ccc(Cl)cc1. The van der Waals surface area contributed by atoms with E-state index in [0.29, 0.717) is 33.7 Å². The number of halogens is 1. The van der Waals surface area contributed by atoms with Gasteiger partial charge in [0.2, 0.25) is 0 Å². The predicted molar refractivity (Wildman–Crippen MR) is 133 cm³/mol. The second-order valence-corrected chi connectivity index (χ2v) is 7.94. The molecule has 4 rings (SSSR count). The van der Waals surface area contributed by atoms with Crippen LogP contribution in [0.3, 0.4) is 0 Å². The van der Waals surface area contributed by atoms with Gasteiger partial charge in [-0.2, -0.15) is 0 Å². The van der Waals surface area contributed by atoms with Gasteiger partial charge in [-0.1, -0.05) is 29.8 Å². The van der Waals surface area contributed by atoms with Gasteiger partial charge in [0.15, 0.2) is 5.11 Å². The molecule has 168 valence electrons. The number of nitrogens with zero attached hydrogens (tertiary/aromatic N) is 1. The molecule has 0 saturated carbocycles. The third-order valence-electron chi connectivity index (χ3n) is 5.03. The topological polar surface area (TPSA) is 60.0 Å². The van der Waals surface area contributed by atoms with Crippen molar-refractivity contribution in [3.05, 3.63) is 88.6 Å². The first-order valence-corrected chi connectivity index (χ1v) is 10.8. The minimum Gasteiger partial charge on any atom is -0.496 e. The van der Waals surface area contributed by atoms with E-state index in [1.165, 1.54) is 4.90 Å². The Morgan fingerprint density at radius 1 is 1.00 bits per heavy atom. The van der Waals surface area contributed by atoms with Crippen LogP contribution in [0.4, 0.5) is 5.69 Å². The van der Waals surface area contributed by atoms with Crippen LogP contribution in [0.1, 0.15) is 11.1 Å². The quantitative estimate of drug-likeness (QED) is 0.370. The second-order valence-electron chi connectivity index (χ2n) is 7.11. The predicted octanol–water partition coefficient (Wildman–Crippen LogP) is 5.20. The number of para-hydroxylation sites is 2. The molecule has 1 heterocycles. The number of ether oxygens (including phenoxy) is 3. The highest BCUT2D eigenvalue weighted by atomic mass is 35.5. The summed E-state index contributed by atoms with van der Waals surface area (Å²) in [6, 6.07) is 20.0. The monoisotopic (exact) mass is 480 g/mol. The highest BCUT2D eigenvalue weighted by Gasteiger charge is 2.33. The maximum atomic E-state index is 13.1. The zero-order chi connectivity index (χ0) is 23.4. The van der Waals surface area contributed by atoms with E-state index in [2.05, 4.69) is 5.32 Å². The molecule has 8 heteroatoms. The van der Waals surface area contributed by atoms with Crippen LogP contribution >= 0.6 is 23.8 Å². The molecule has 0 bridgehead atoms. The molecule has 0 aliphatic carbocycles. The van der Waals surface area contributed by atoms with Crippen LogP contribution in [-0.4, -0.2) is 25.2 Å². The summed E-state index contributed by atoms with van der Waals surface area (Å²) in [5, 5.41) is 3.93. The second kappa shape index (κ2) is 9.94. The van der Waals surface area contributed by atoms with E-state index in [9.17, 15) is 4.79 Å². The first kappa shape index (κ1) is 22.6. The fourth-order valence-electron chi connectivity index (χ4n) is 3.43. The molecular weight excluding hydrogens is 460 g/mol. The number of carbonyl (C=O) groups is 1. The molecule has 1 amide bonds. The highest BCUT2D eigenvalue weighted by molar-refractivity contribution is 7.80. The fourth-order valence-corrected chi connectivity index (χ4v) is 3.85. The van der Waals surface area contributed by atoms with Crippen molar-refractivity contribution in [2.24, 2.45) is 0 Å². The van der Waals surface area contributed by atoms with Gasteiger partial charge in [-0.25, -0.2) is 4.90 Å². The van der Waals surface area contributed by atoms with Crippen molar-refractivity contribution in [1.29, 1.82) is 0 Å². The maximum absolute atomic E-state index is 13.1. The first-order chi connectivity index (χ1) is 16.0. The minimum atomic E-state index is -0.265. The number of methoxy groups -OCH3 is 2. The smallest absolute Gasteiger partial charge is 0.281 e. The molecule has 1 N–H and O–H groups in total. The van der Waals surface area contributed by atoms with Crippen LogP contribution in [0.5, 0.6) is 17.2 Å². The molecule has 33 heavy (non-hydrogen) atoms. The lowest BCUT2D eigenvalue weighted by Gasteiger charge is -2.17. The van der Waals surface area contributed by atoms with Gasteiger partial charge in [0.1, 0.15) is 29.6 Å². The largest absolute Gasteiger partial charge is 0.496 e. The van der Waals surface area contributed by atoms with Gasteiger partial charge in [-0.05, 0) is 72.4 Å². The maximum Gasteiger partial charge on any atom is 0.281 e. The lowest BCUT2D eigenvalue weighted by molar-refractivity contribution is -0.113. The van der Waals surface area contributed by atoms with Crippen molar-refractivity contribution in [1.82, 2.24) is 5.32 Å². The van der Waals surface area contributed by atoms with Gasteiger partial charge in [-0.15, -0.1) is 0 Å². The molecule has 0 aromatic heterocycles. The summed E-state index contributed by atoms with van der Waals surface area (Å²) >= 11 is 11.4. The minimum absolute atomic E-state index is 0.265. The Morgan fingerprint density at radius 2 is 1.73 bits per heavy atom. The van der Waals surface area contributed by atoms with Gasteiger partial charge < -0.3 is 19.5 Å². The lowest BCUT2D eigenvalue weighted by Crippen LogP contribution is -2.30. The first-order valence-electron chi connectivity index (χ1n) is 10.1. The fraction of sp³-hybridized carbons (Fsp3) is 0.120. The molecule has 1 fully saturated rings. The summed E-state index contributed by atoms with van der Waals surface area (Å²) in [6.07, 6.45) is 1.75. The average molecular weight is 481 g/mol. The standard InChI is InChI=1S/C25H21ClN2O4S/c1-30-22-12-7-16(13-17(22)15-32-19-10-8-18(26)9-11-19)14-20-24(29)28(25(33)27-20)21-5-3-4-6-23(21)31-2/h3-14H,15H2,1-2H3,(H,27,33)/b20-14+. The molecule has 0 spiro atoms. The summed E-state index contributed by atoms with van der Waals surface area (Å²) in [5.41, 5.74) is 2.57. The molecule has 1 saturated heterocycles. The number of carbonyl (C=O) groups excluding carboxylic acids is 1. The van der Waals surface area contributed by atoms with Crippen molar-refractivity contribution >= 4 is 46.6 Å². The number of amides is 1. The highest BCUT2D eigenvalue weighted by Crippen LogP contribution is 2.32. The number of thiocarbonyl (C=S) groups is 1. The number of hydrogen-bond donors (Lipinski definition) is 1. The third kappa shape index (κ3) is 4.94. The van der Waals surface area contributed by atoms with Crippen LogP contribution in [0.15, 0.2) is 72.4 Å². The van der Waals surface area contributed by atoms with E-state index < -0.39 is 0 Å². The third-order valence-corrected chi connectivity index (χ3v) is 5.56. The molecule has 3 aromatic carbocycles. The number of hydrogen-bond acceptors (Lipinski definition) is 5. The van der Waals surface area contributed by atoms with E-state index in [-0.39, 0.29) is 17.6 Å². The average Bonchev–Trinajstić information content (AvgIpc) is 3.11. The van der Waals surface area contributed by atoms with E-state index in [1.54, 1.807) is 56.7 Å². The molecule has 6 nitrogen and oxygen atoms in total. The Morgan fingerprint density at radius 3 is 2.45 bits per heavy atom. The van der Waals surface area contributed by atoms with Crippen LogP contribution < -0.4 is 24.4 Å². The van der Waals surface area contributed by atoms with Gasteiger partial charge in [0.05, 0.1) is 19.9 Å². The van der Waals surface area contributed by atoms with E-state index >= 15 is 0 Å². The molecular formula is C25H21ClN2O4S. The molecule has 1 aliphatic rings. The molecule has 0 atom stereocenters. The van der Waals surface area contributed by atoms with Crippen molar-refractivity contribution < 1.29 is 19.0 Å². The van der Waals surface area contributed by atoms with Crippen LogP contribution in [0.2, 0.25) is 5.02 Å². The zero-order valence-electron chi connectivity index (χ0n) is 18.0. The Labute approximate surface area is 202 Å². The van der Waals surface area contributed by atoms with E-state index in [0.717, 1.165) is 11.1 Å². The van der Waals surface area contributed by atoms with Crippen molar-refractivity contribution in [3.8, 4) is 17.2 Å². The Bertz CT molecular complexity index is 1230. The van der Waals surface area contributed by atoms with Crippen molar-refractivity contribution in [2.75, 3.05) is 19.1 Å². The Kier molecular flexibility index (Phi) is 6.82. The summed E-state index contributed by atoms with van der Waals surface area (Å²) in [4.78, 5) is 14.6. The van der Waals surface area contributed by atoms with E-state index in [4.69, 9.17) is 38.0 Å². The van der Waals surface area contributed by atoms with Crippen molar-refractivity contribution in [2.45, 2.75) is 6.61 Å². The van der Waals surface area contributed by atoms with Gasteiger partial charge in [0, 0.05) is 10.6 Å². The van der Waals surface area contributed by atoms with Gasteiger partial charge in [0.25, 0.3) is 5.91 Å². The zero-order valence-corrected chi connectivity index (χ0v) is 19.6. The number of nitrogens with one attached hydrogen (secondary N) is 1.